The number of benzene rings is 1. The van der Waals surface area contributed by atoms with Gasteiger partial charge in [0.25, 0.3) is 0 Å². The molecular formula is C12H13FO4. The van der Waals surface area contributed by atoms with Gasteiger partial charge in [-0.3, -0.25) is 4.79 Å². The third kappa shape index (κ3) is 3.03. The predicted molar refractivity (Wildman–Crippen MR) is 58.5 cm³/mol. The average molecular weight is 240 g/mol. The third-order valence-corrected chi connectivity index (χ3v) is 2.49. The largest absolute Gasteiger partial charge is 0.481 e. The molecule has 1 aromatic carbocycles. The number of hydrogen-bond donors (Lipinski definition) is 2. The Labute approximate surface area is 97.7 Å². The first kappa shape index (κ1) is 13.2. The van der Waals surface area contributed by atoms with Crippen molar-refractivity contribution in [1.29, 1.82) is 0 Å². The highest BCUT2D eigenvalue weighted by Crippen LogP contribution is 2.23. The Kier molecular flexibility index (Phi) is 3.50. The predicted octanol–water partition coefficient (Wildman–Crippen LogP) is 2.18. The highest BCUT2D eigenvalue weighted by Gasteiger charge is 2.27. The van der Waals surface area contributed by atoms with E-state index in [0.29, 0.717) is 5.56 Å². The normalized spacial score (nSPS) is 11.2. The van der Waals surface area contributed by atoms with E-state index in [1.165, 1.54) is 19.9 Å². The fourth-order valence-electron chi connectivity index (χ4n) is 1.43. The molecule has 2 N–H and O–H groups in total. The van der Waals surface area contributed by atoms with Crippen LogP contribution in [0.3, 0.4) is 0 Å². The van der Waals surface area contributed by atoms with Crippen LogP contribution in [0.1, 0.15) is 29.8 Å². The first-order valence-corrected chi connectivity index (χ1v) is 4.99. The summed E-state index contributed by atoms with van der Waals surface area (Å²) in [7, 11) is 0. The van der Waals surface area contributed by atoms with Gasteiger partial charge in [-0.05, 0) is 38.0 Å². The number of carboxylic acid groups (broad SMARTS) is 2. The zero-order valence-corrected chi connectivity index (χ0v) is 9.53. The van der Waals surface area contributed by atoms with Crippen molar-refractivity contribution in [3.63, 3.8) is 0 Å². The smallest absolute Gasteiger partial charge is 0.338 e. The minimum atomic E-state index is -1.34. The highest BCUT2D eigenvalue weighted by molar-refractivity contribution is 5.87. The summed E-state index contributed by atoms with van der Waals surface area (Å²) in [5.41, 5.74) is -0.973. The molecule has 0 unspecified atom stereocenters. The number of rotatable bonds is 4. The molecule has 17 heavy (non-hydrogen) atoms. The van der Waals surface area contributed by atoms with Gasteiger partial charge in [0.05, 0.1) is 11.0 Å². The first-order chi connectivity index (χ1) is 7.74. The van der Waals surface area contributed by atoms with Crippen LogP contribution in [0.2, 0.25) is 0 Å². The molecule has 0 bridgehead atoms. The van der Waals surface area contributed by atoms with E-state index in [0.717, 1.165) is 12.1 Å². The summed E-state index contributed by atoms with van der Waals surface area (Å²) in [6.45, 7) is 3.05. The molecule has 0 amide bonds. The van der Waals surface area contributed by atoms with Crippen LogP contribution in [0.25, 0.3) is 0 Å². The van der Waals surface area contributed by atoms with E-state index >= 15 is 0 Å². The molecule has 0 saturated heterocycles. The summed E-state index contributed by atoms with van der Waals surface area (Å²) in [4.78, 5) is 21.5. The second kappa shape index (κ2) is 4.53. The van der Waals surface area contributed by atoms with Gasteiger partial charge >= 0.3 is 11.9 Å². The van der Waals surface area contributed by atoms with Crippen molar-refractivity contribution in [2.24, 2.45) is 5.41 Å². The lowest BCUT2D eigenvalue weighted by Crippen LogP contribution is -2.26. The molecular weight excluding hydrogens is 227 g/mol. The zero-order valence-electron chi connectivity index (χ0n) is 9.53. The van der Waals surface area contributed by atoms with Crippen molar-refractivity contribution in [2.75, 3.05) is 0 Å². The molecule has 0 heterocycles. The Balaban J connectivity index is 2.99. The molecule has 0 aliphatic rings. The monoisotopic (exact) mass is 240 g/mol. The molecule has 1 rings (SSSR count). The van der Waals surface area contributed by atoms with E-state index in [2.05, 4.69) is 0 Å². The number of aromatic carboxylic acids is 1. The van der Waals surface area contributed by atoms with Crippen LogP contribution in [-0.4, -0.2) is 22.2 Å². The molecule has 0 fully saturated rings. The van der Waals surface area contributed by atoms with Crippen molar-refractivity contribution in [2.45, 2.75) is 20.3 Å². The van der Waals surface area contributed by atoms with Crippen LogP contribution >= 0.6 is 0 Å². The number of hydrogen-bond acceptors (Lipinski definition) is 2. The summed E-state index contributed by atoms with van der Waals surface area (Å²) in [6.07, 6.45) is 0.138. The van der Waals surface area contributed by atoms with Crippen LogP contribution in [0, 0.1) is 11.2 Å². The maximum atomic E-state index is 13.3. The SMILES string of the molecule is CC(C)(Cc1ccc(C(=O)O)c(F)c1)C(=O)O. The summed E-state index contributed by atoms with van der Waals surface area (Å²) < 4.78 is 13.3. The van der Waals surface area contributed by atoms with Crippen LogP contribution in [0.15, 0.2) is 18.2 Å². The number of carbonyl (C=O) groups is 2. The molecule has 0 aliphatic heterocycles. The number of aliphatic carboxylic acids is 1. The van der Waals surface area contributed by atoms with Gasteiger partial charge in [0.15, 0.2) is 0 Å². The first-order valence-electron chi connectivity index (χ1n) is 4.99. The molecule has 0 radical (unpaired) electrons. The van der Waals surface area contributed by atoms with Gasteiger partial charge in [0, 0.05) is 0 Å². The summed E-state index contributed by atoms with van der Waals surface area (Å²) in [5.74, 6) is -3.18. The van der Waals surface area contributed by atoms with Crippen LogP contribution in [0.5, 0.6) is 0 Å². The Hall–Kier alpha value is -1.91. The zero-order chi connectivity index (χ0) is 13.2. The Morgan fingerprint density at radius 1 is 1.29 bits per heavy atom. The third-order valence-electron chi connectivity index (χ3n) is 2.49. The maximum absolute atomic E-state index is 13.3. The second-order valence-corrected chi connectivity index (χ2v) is 4.49. The van der Waals surface area contributed by atoms with Gasteiger partial charge in [-0.25, -0.2) is 9.18 Å². The lowest BCUT2D eigenvalue weighted by atomic mass is 9.86. The van der Waals surface area contributed by atoms with E-state index in [1.54, 1.807) is 0 Å². The minimum Gasteiger partial charge on any atom is -0.481 e. The summed E-state index contributed by atoms with van der Waals surface area (Å²) in [6, 6.07) is 3.64. The van der Waals surface area contributed by atoms with Crippen LogP contribution in [0.4, 0.5) is 4.39 Å². The quantitative estimate of drug-likeness (QED) is 0.845. The van der Waals surface area contributed by atoms with E-state index < -0.39 is 28.7 Å². The lowest BCUT2D eigenvalue weighted by molar-refractivity contribution is -0.146. The molecule has 5 heteroatoms. The van der Waals surface area contributed by atoms with E-state index in [9.17, 15) is 14.0 Å². The Morgan fingerprint density at radius 3 is 2.29 bits per heavy atom. The molecule has 0 aliphatic carbocycles. The Bertz CT molecular complexity index is 466. The molecule has 4 nitrogen and oxygen atoms in total. The molecule has 0 spiro atoms. The van der Waals surface area contributed by atoms with Gasteiger partial charge in [0.2, 0.25) is 0 Å². The summed E-state index contributed by atoms with van der Waals surface area (Å²) in [5, 5.41) is 17.6. The fraction of sp³-hybridized carbons (Fsp3) is 0.333. The molecule has 0 aromatic heterocycles. The maximum Gasteiger partial charge on any atom is 0.338 e. The van der Waals surface area contributed by atoms with Crippen molar-refractivity contribution in [3.8, 4) is 0 Å². The number of carboxylic acids is 2. The molecule has 0 saturated carbocycles. The van der Waals surface area contributed by atoms with Gasteiger partial charge in [-0.2, -0.15) is 0 Å². The molecule has 92 valence electrons. The van der Waals surface area contributed by atoms with Crippen molar-refractivity contribution < 1.29 is 24.2 Å². The fourth-order valence-corrected chi connectivity index (χ4v) is 1.43. The summed E-state index contributed by atoms with van der Waals surface area (Å²) >= 11 is 0. The standard InChI is InChI=1S/C12H13FO4/c1-12(2,11(16)17)6-7-3-4-8(10(14)15)9(13)5-7/h3-5H,6H2,1-2H3,(H,14,15)(H,16,17). The topological polar surface area (TPSA) is 74.6 Å². The average Bonchev–Trinajstić information content (AvgIpc) is 2.15. The van der Waals surface area contributed by atoms with Gasteiger partial charge < -0.3 is 10.2 Å². The number of halogens is 1. The Morgan fingerprint density at radius 2 is 1.88 bits per heavy atom. The molecule has 0 atom stereocenters. The second-order valence-electron chi connectivity index (χ2n) is 4.49. The van der Waals surface area contributed by atoms with Crippen molar-refractivity contribution in [1.82, 2.24) is 0 Å². The van der Waals surface area contributed by atoms with Gasteiger partial charge in [-0.1, -0.05) is 6.07 Å². The minimum absolute atomic E-state index is 0.138. The van der Waals surface area contributed by atoms with Crippen molar-refractivity contribution in [3.05, 3.63) is 35.1 Å². The van der Waals surface area contributed by atoms with E-state index in [-0.39, 0.29) is 6.42 Å². The van der Waals surface area contributed by atoms with Gasteiger partial charge in [-0.15, -0.1) is 0 Å². The van der Waals surface area contributed by atoms with Crippen molar-refractivity contribution >= 4 is 11.9 Å². The van der Waals surface area contributed by atoms with Crippen LogP contribution < -0.4 is 0 Å². The van der Waals surface area contributed by atoms with Crippen LogP contribution in [-0.2, 0) is 11.2 Å². The highest BCUT2D eigenvalue weighted by atomic mass is 19.1. The lowest BCUT2D eigenvalue weighted by Gasteiger charge is -2.19. The molecule has 1 aromatic rings. The van der Waals surface area contributed by atoms with Gasteiger partial charge in [0.1, 0.15) is 5.82 Å². The van der Waals surface area contributed by atoms with E-state index in [4.69, 9.17) is 10.2 Å². The van der Waals surface area contributed by atoms with E-state index in [1.807, 2.05) is 0 Å².